The predicted molar refractivity (Wildman–Crippen MR) is 75.8 cm³/mol. The summed E-state index contributed by atoms with van der Waals surface area (Å²) in [6, 6.07) is 2.74. The number of carboxylic acids is 1. The highest BCUT2D eigenvalue weighted by molar-refractivity contribution is 5.77. The lowest BCUT2D eigenvalue weighted by molar-refractivity contribution is -0.141. The molecular weight excluding hydrogens is 313 g/mol. The third kappa shape index (κ3) is 3.74. The molecule has 0 amide bonds. The van der Waals surface area contributed by atoms with E-state index in [0.717, 1.165) is 11.0 Å². The number of carbonyl (C=O) groups is 1. The predicted octanol–water partition coefficient (Wildman–Crippen LogP) is 2.47. The minimum absolute atomic E-state index is 0.138. The molecule has 1 unspecified atom stereocenters. The molecule has 0 aliphatic heterocycles. The molecule has 0 spiro atoms. The number of hydrogen-bond acceptors (Lipinski definition) is 5. The Hall–Kier alpha value is -2.71. The zero-order chi connectivity index (χ0) is 17.2. The van der Waals surface area contributed by atoms with E-state index >= 15 is 0 Å². The lowest BCUT2D eigenvalue weighted by atomic mass is 10.2. The normalized spacial score (nSPS) is 12.7. The quantitative estimate of drug-likeness (QED) is 0.930. The van der Waals surface area contributed by atoms with Crippen molar-refractivity contribution in [3.05, 3.63) is 36.3 Å². The Kier molecular flexibility index (Phi) is 4.48. The van der Waals surface area contributed by atoms with Gasteiger partial charge >= 0.3 is 12.1 Å². The van der Waals surface area contributed by atoms with Gasteiger partial charge in [-0.25, -0.2) is 14.8 Å². The Labute approximate surface area is 129 Å². The van der Waals surface area contributed by atoms with Crippen LogP contribution in [-0.2, 0) is 11.0 Å². The van der Waals surface area contributed by atoms with Gasteiger partial charge in [0.1, 0.15) is 11.9 Å². The van der Waals surface area contributed by atoms with E-state index in [1.165, 1.54) is 32.4 Å². The van der Waals surface area contributed by atoms with Gasteiger partial charge < -0.3 is 10.0 Å². The van der Waals surface area contributed by atoms with E-state index in [1.54, 1.807) is 6.07 Å². The molecular formula is C14H13F3N4O2. The van der Waals surface area contributed by atoms with Crippen LogP contribution in [0.5, 0.6) is 0 Å². The monoisotopic (exact) mass is 326 g/mol. The minimum Gasteiger partial charge on any atom is -0.480 e. The van der Waals surface area contributed by atoms with E-state index in [1.807, 2.05) is 0 Å². The summed E-state index contributed by atoms with van der Waals surface area (Å²) in [4.78, 5) is 23.5. The molecule has 0 saturated carbocycles. The molecule has 0 fully saturated rings. The zero-order valence-electron chi connectivity index (χ0n) is 12.2. The molecule has 0 saturated heterocycles. The second-order valence-corrected chi connectivity index (χ2v) is 4.80. The van der Waals surface area contributed by atoms with E-state index < -0.39 is 23.9 Å². The molecule has 2 rings (SSSR count). The summed E-state index contributed by atoms with van der Waals surface area (Å²) in [7, 11) is 1.36. The second kappa shape index (κ2) is 6.19. The molecule has 122 valence electrons. The summed E-state index contributed by atoms with van der Waals surface area (Å²) in [5, 5.41) is 9.01. The number of nitrogens with zero attached hydrogens (tertiary/aromatic N) is 4. The first-order valence-corrected chi connectivity index (χ1v) is 6.52. The Bertz CT molecular complexity index is 707. The standard InChI is InChI=1S/C14H13F3N4O2/c1-8(13(22)23)21(2)11-6-10(14(15,16)17)19-12(20-11)9-4-3-5-18-7-9/h3-8H,1-2H3,(H,22,23). The molecule has 2 heterocycles. The van der Waals surface area contributed by atoms with Crippen LogP contribution < -0.4 is 4.90 Å². The number of alkyl halides is 3. The molecule has 1 atom stereocenters. The van der Waals surface area contributed by atoms with Crippen LogP contribution in [0.25, 0.3) is 11.4 Å². The van der Waals surface area contributed by atoms with E-state index in [-0.39, 0.29) is 11.6 Å². The fourth-order valence-corrected chi connectivity index (χ4v) is 1.75. The fourth-order valence-electron chi connectivity index (χ4n) is 1.75. The summed E-state index contributed by atoms with van der Waals surface area (Å²) < 4.78 is 39.1. The number of halogens is 3. The maximum Gasteiger partial charge on any atom is 0.433 e. The second-order valence-electron chi connectivity index (χ2n) is 4.80. The van der Waals surface area contributed by atoms with Crippen molar-refractivity contribution in [3.63, 3.8) is 0 Å². The zero-order valence-corrected chi connectivity index (χ0v) is 12.2. The van der Waals surface area contributed by atoms with Crippen LogP contribution >= 0.6 is 0 Å². The van der Waals surface area contributed by atoms with Gasteiger partial charge in [-0.05, 0) is 19.1 Å². The highest BCUT2D eigenvalue weighted by Gasteiger charge is 2.34. The number of aromatic nitrogens is 3. The number of hydrogen-bond donors (Lipinski definition) is 1. The molecule has 0 bridgehead atoms. The first-order chi connectivity index (χ1) is 10.7. The third-order valence-corrected chi connectivity index (χ3v) is 3.22. The number of aliphatic carboxylic acids is 1. The van der Waals surface area contributed by atoms with Gasteiger partial charge in [-0.15, -0.1) is 0 Å². The minimum atomic E-state index is -4.68. The number of likely N-dealkylation sites (N-methyl/N-ethyl adjacent to an activating group) is 1. The number of anilines is 1. The molecule has 9 heteroatoms. The van der Waals surface area contributed by atoms with Gasteiger partial charge in [0.15, 0.2) is 11.5 Å². The van der Waals surface area contributed by atoms with Gasteiger partial charge in [-0.2, -0.15) is 13.2 Å². The highest BCUT2D eigenvalue weighted by Crippen LogP contribution is 2.31. The molecule has 23 heavy (non-hydrogen) atoms. The molecule has 6 nitrogen and oxygen atoms in total. The first-order valence-electron chi connectivity index (χ1n) is 6.52. The Morgan fingerprint density at radius 3 is 2.57 bits per heavy atom. The smallest absolute Gasteiger partial charge is 0.433 e. The third-order valence-electron chi connectivity index (χ3n) is 3.22. The maximum absolute atomic E-state index is 13.0. The average molecular weight is 326 g/mol. The SMILES string of the molecule is CC(C(=O)O)N(C)c1cc(C(F)(F)F)nc(-c2cccnc2)n1. The van der Waals surface area contributed by atoms with Crippen LogP contribution in [0.3, 0.4) is 0 Å². The molecule has 1 N–H and O–H groups in total. The van der Waals surface area contributed by atoms with Gasteiger partial charge in [0.2, 0.25) is 0 Å². The van der Waals surface area contributed by atoms with Crippen LogP contribution in [-0.4, -0.2) is 39.1 Å². The van der Waals surface area contributed by atoms with Crippen molar-refractivity contribution >= 4 is 11.8 Å². The maximum atomic E-state index is 13.0. The molecule has 2 aromatic heterocycles. The van der Waals surface area contributed by atoms with Crippen molar-refractivity contribution in [3.8, 4) is 11.4 Å². The van der Waals surface area contributed by atoms with Crippen molar-refractivity contribution in [1.29, 1.82) is 0 Å². The lowest BCUT2D eigenvalue weighted by Gasteiger charge is -2.23. The van der Waals surface area contributed by atoms with Crippen LogP contribution in [0.15, 0.2) is 30.6 Å². The van der Waals surface area contributed by atoms with Crippen LogP contribution in [0.1, 0.15) is 12.6 Å². The van der Waals surface area contributed by atoms with Crippen molar-refractivity contribution < 1.29 is 23.1 Å². The van der Waals surface area contributed by atoms with Crippen LogP contribution in [0, 0.1) is 0 Å². The van der Waals surface area contributed by atoms with Crippen molar-refractivity contribution in [1.82, 2.24) is 15.0 Å². The van der Waals surface area contributed by atoms with Gasteiger partial charge in [0.05, 0.1) is 0 Å². The van der Waals surface area contributed by atoms with Crippen molar-refractivity contribution in [2.24, 2.45) is 0 Å². The van der Waals surface area contributed by atoms with E-state index in [4.69, 9.17) is 5.11 Å². The summed E-state index contributed by atoms with van der Waals surface area (Å²) in [5.41, 5.74) is -0.845. The number of pyridine rings is 1. The number of rotatable bonds is 4. The first kappa shape index (κ1) is 16.7. The van der Waals surface area contributed by atoms with Gasteiger partial charge in [0, 0.05) is 31.1 Å². The Balaban J connectivity index is 2.57. The Morgan fingerprint density at radius 1 is 1.35 bits per heavy atom. The number of carboxylic acid groups (broad SMARTS) is 1. The Morgan fingerprint density at radius 2 is 2.04 bits per heavy atom. The summed E-state index contributed by atoms with van der Waals surface area (Å²) in [6.07, 6.45) is -1.88. The molecule has 0 aliphatic carbocycles. The highest BCUT2D eigenvalue weighted by atomic mass is 19.4. The molecule has 0 aliphatic rings. The summed E-state index contributed by atoms with van der Waals surface area (Å²) in [6.45, 7) is 1.35. The largest absolute Gasteiger partial charge is 0.480 e. The molecule has 0 radical (unpaired) electrons. The van der Waals surface area contributed by atoms with E-state index in [2.05, 4.69) is 15.0 Å². The van der Waals surface area contributed by atoms with E-state index in [0.29, 0.717) is 5.56 Å². The summed E-state index contributed by atoms with van der Waals surface area (Å²) in [5.74, 6) is -1.49. The molecule has 2 aromatic rings. The van der Waals surface area contributed by atoms with Gasteiger partial charge in [-0.3, -0.25) is 4.98 Å². The van der Waals surface area contributed by atoms with Crippen LogP contribution in [0.2, 0.25) is 0 Å². The summed E-state index contributed by atoms with van der Waals surface area (Å²) >= 11 is 0. The van der Waals surface area contributed by atoms with Crippen molar-refractivity contribution in [2.75, 3.05) is 11.9 Å². The van der Waals surface area contributed by atoms with Crippen LogP contribution in [0.4, 0.5) is 19.0 Å². The van der Waals surface area contributed by atoms with Crippen molar-refractivity contribution in [2.45, 2.75) is 19.1 Å². The average Bonchev–Trinajstić information content (AvgIpc) is 2.53. The van der Waals surface area contributed by atoms with E-state index in [9.17, 15) is 18.0 Å². The van der Waals surface area contributed by atoms with Gasteiger partial charge in [0.25, 0.3) is 0 Å². The lowest BCUT2D eigenvalue weighted by Crippen LogP contribution is -2.36. The molecule has 0 aromatic carbocycles. The van der Waals surface area contributed by atoms with Gasteiger partial charge in [-0.1, -0.05) is 0 Å². The fraction of sp³-hybridized carbons (Fsp3) is 0.286. The topological polar surface area (TPSA) is 79.2 Å².